The van der Waals surface area contributed by atoms with Crippen molar-refractivity contribution in [1.82, 2.24) is 4.98 Å². The molecule has 2 aromatic rings. The summed E-state index contributed by atoms with van der Waals surface area (Å²) in [6.07, 6.45) is -4.95. The quantitative estimate of drug-likeness (QED) is 0.896. The summed E-state index contributed by atoms with van der Waals surface area (Å²) in [5.41, 5.74) is -1.96. The number of pyridine rings is 1. The van der Waals surface area contributed by atoms with Gasteiger partial charge in [-0.2, -0.15) is 13.2 Å². The van der Waals surface area contributed by atoms with Gasteiger partial charge in [0.15, 0.2) is 0 Å². The number of benzene rings is 1. The van der Waals surface area contributed by atoms with Gasteiger partial charge in [-0.25, -0.2) is 4.79 Å². The van der Waals surface area contributed by atoms with Crippen molar-refractivity contribution in [2.24, 2.45) is 0 Å². The van der Waals surface area contributed by atoms with Crippen molar-refractivity contribution in [2.75, 3.05) is 0 Å². The minimum absolute atomic E-state index is 0.0107. The maximum atomic E-state index is 12.5. The van der Waals surface area contributed by atoms with Crippen molar-refractivity contribution in [3.63, 3.8) is 0 Å². The summed E-state index contributed by atoms with van der Waals surface area (Å²) in [6, 6.07) is 2.29. The zero-order valence-electron chi connectivity index (χ0n) is 9.71. The van der Waals surface area contributed by atoms with Gasteiger partial charge < -0.3 is 10.1 Å². The van der Waals surface area contributed by atoms with E-state index in [1.54, 1.807) is 0 Å². The molecule has 20 heavy (non-hydrogen) atoms. The van der Waals surface area contributed by atoms with Gasteiger partial charge >= 0.3 is 12.1 Å². The van der Waals surface area contributed by atoms with Gasteiger partial charge in [0.05, 0.1) is 22.3 Å². The second-order valence-corrected chi connectivity index (χ2v) is 4.49. The van der Waals surface area contributed by atoms with E-state index in [1.165, 1.54) is 6.07 Å². The lowest BCUT2D eigenvalue weighted by Gasteiger charge is -2.10. The molecule has 0 aliphatic heterocycles. The Bertz CT molecular complexity index is 752. The fourth-order valence-electron chi connectivity index (χ4n) is 1.89. The first-order valence-electron chi connectivity index (χ1n) is 5.33. The first-order valence-corrected chi connectivity index (χ1v) is 5.71. The standard InChI is InChI=1S/C12H7ClF3NO3/c13-7-2-1-5(3-12(14,15)16)8-9(7)17-4-6(10(8)18)11(19)20/h1-2,4H,3H2,(H,17,18)(H,19,20). The van der Waals surface area contributed by atoms with Crippen LogP contribution in [0.3, 0.4) is 0 Å². The summed E-state index contributed by atoms with van der Waals surface area (Å²) >= 11 is 5.81. The molecule has 0 spiro atoms. The van der Waals surface area contributed by atoms with Gasteiger partial charge in [0.25, 0.3) is 0 Å². The van der Waals surface area contributed by atoms with Crippen LogP contribution in [0.4, 0.5) is 13.2 Å². The van der Waals surface area contributed by atoms with E-state index in [1.807, 2.05) is 0 Å². The van der Waals surface area contributed by atoms with Gasteiger partial charge in [-0.1, -0.05) is 17.7 Å². The second kappa shape index (κ2) is 4.82. The number of carbonyl (C=O) groups is 1. The van der Waals surface area contributed by atoms with Gasteiger partial charge in [0, 0.05) is 6.20 Å². The molecule has 1 aromatic carbocycles. The van der Waals surface area contributed by atoms with E-state index in [4.69, 9.17) is 16.7 Å². The highest BCUT2D eigenvalue weighted by atomic mass is 35.5. The number of rotatable bonds is 2. The van der Waals surface area contributed by atoms with Crippen LogP contribution >= 0.6 is 11.6 Å². The Morgan fingerprint density at radius 3 is 2.55 bits per heavy atom. The molecule has 2 rings (SSSR count). The molecule has 0 bridgehead atoms. The lowest BCUT2D eigenvalue weighted by atomic mass is 10.0. The summed E-state index contributed by atoms with van der Waals surface area (Å²) < 4.78 is 37.5. The number of hydrogen-bond donors (Lipinski definition) is 2. The molecule has 0 atom stereocenters. The smallest absolute Gasteiger partial charge is 0.393 e. The summed E-state index contributed by atoms with van der Waals surface area (Å²) in [5, 5.41) is 8.53. The number of aromatic carboxylic acids is 1. The third-order valence-electron chi connectivity index (χ3n) is 2.69. The summed E-state index contributed by atoms with van der Waals surface area (Å²) in [6.45, 7) is 0. The minimum atomic E-state index is -4.52. The zero-order chi connectivity index (χ0) is 15.1. The van der Waals surface area contributed by atoms with E-state index < -0.39 is 29.6 Å². The maximum Gasteiger partial charge on any atom is 0.393 e. The lowest BCUT2D eigenvalue weighted by Crippen LogP contribution is -2.19. The lowest BCUT2D eigenvalue weighted by molar-refractivity contribution is -0.127. The van der Waals surface area contributed by atoms with E-state index in [-0.39, 0.29) is 21.5 Å². The number of aromatic amines is 1. The van der Waals surface area contributed by atoms with Crippen molar-refractivity contribution in [3.8, 4) is 0 Å². The Morgan fingerprint density at radius 2 is 2.00 bits per heavy atom. The van der Waals surface area contributed by atoms with Crippen molar-refractivity contribution in [1.29, 1.82) is 0 Å². The number of carboxylic acids is 1. The highest BCUT2D eigenvalue weighted by Crippen LogP contribution is 2.28. The molecule has 0 radical (unpaired) electrons. The normalized spacial score (nSPS) is 11.8. The highest BCUT2D eigenvalue weighted by Gasteiger charge is 2.29. The molecular weight excluding hydrogens is 299 g/mol. The molecule has 4 nitrogen and oxygen atoms in total. The molecule has 0 aliphatic carbocycles. The zero-order valence-corrected chi connectivity index (χ0v) is 10.5. The average molecular weight is 306 g/mol. The van der Waals surface area contributed by atoms with E-state index in [0.717, 1.165) is 12.3 Å². The molecule has 0 aliphatic rings. The third kappa shape index (κ3) is 2.62. The van der Waals surface area contributed by atoms with E-state index in [2.05, 4.69) is 4.98 Å². The van der Waals surface area contributed by atoms with Gasteiger partial charge in [-0.3, -0.25) is 4.79 Å². The fourth-order valence-corrected chi connectivity index (χ4v) is 2.10. The molecule has 1 aromatic heterocycles. The number of hydrogen-bond acceptors (Lipinski definition) is 2. The largest absolute Gasteiger partial charge is 0.477 e. The SMILES string of the molecule is O=C(O)c1c[nH]c2c(Cl)ccc(CC(F)(F)F)c2c1=O. The molecule has 0 unspecified atom stereocenters. The van der Waals surface area contributed by atoms with Crippen LogP contribution in [0.5, 0.6) is 0 Å². The molecule has 0 saturated carbocycles. The van der Waals surface area contributed by atoms with Gasteiger partial charge in [0.1, 0.15) is 5.56 Å². The van der Waals surface area contributed by atoms with Crippen LogP contribution in [0.25, 0.3) is 10.9 Å². The highest BCUT2D eigenvalue weighted by molar-refractivity contribution is 6.35. The minimum Gasteiger partial charge on any atom is -0.477 e. The van der Waals surface area contributed by atoms with Crippen molar-refractivity contribution < 1.29 is 23.1 Å². The summed E-state index contributed by atoms with van der Waals surface area (Å²) in [7, 11) is 0. The fraction of sp³-hybridized carbons (Fsp3) is 0.167. The number of carboxylic acid groups (broad SMARTS) is 1. The maximum absolute atomic E-state index is 12.5. The molecule has 2 N–H and O–H groups in total. The first kappa shape index (κ1) is 14.4. The topological polar surface area (TPSA) is 70.2 Å². The number of fused-ring (bicyclic) bond motifs is 1. The van der Waals surface area contributed by atoms with Gasteiger partial charge in [-0.15, -0.1) is 0 Å². The number of alkyl halides is 3. The molecule has 8 heteroatoms. The molecule has 106 valence electrons. The predicted octanol–water partition coefficient (Wildman–Crippen LogP) is 2.98. The Labute approximate surface area is 114 Å². The van der Waals surface area contributed by atoms with Crippen LogP contribution in [-0.2, 0) is 6.42 Å². The number of nitrogens with one attached hydrogen (secondary N) is 1. The molecule has 1 heterocycles. The first-order chi connectivity index (χ1) is 9.20. The van der Waals surface area contributed by atoms with E-state index in [0.29, 0.717) is 0 Å². The van der Waals surface area contributed by atoms with Crippen molar-refractivity contribution >= 4 is 28.5 Å². The number of aromatic nitrogens is 1. The number of H-pyrrole nitrogens is 1. The van der Waals surface area contributed by atoms with Crippen LogP contribution in [0, 0.1) is 0 Å². The van der Waals surface area contributed by atoms with E-state index in [9.17, 15) is 22.8 Å². The Morgan fingerprint density at radius 1 is 1.35 bits per heavy atom. The molecule has 0 saturated heterocycles. The van der Waals surface area contributed by atoms with Gasteiger partial charge in [-0.05, 0) is 11.6 Å². The third-order valence-corrected chi connectivity index (χ3v) is 3.01. The summed E-state index contributed by atoms with van der Waals surface area (Å²) in [4.78, 5) is 25.3. The van der Waals surface area contributed by atoms with Crippen molar-refractivity contribution in [3.05, 3.63) is 44.7 Å². The summed E-state index contributed by atoms with van der Waals surface area (Å²) in [5.74, 6) is -1.52. The Hall–Kier alpha value is -2.02. The predicted molar refractivity (Wildman–Crippen MR) is 66.3 cm³/mol. The molecular formula is C12H7ClF3NO3. The van der Waals surface area contributed by atoms with Crippen LogP contribution in [0.15, 0.2) is 23.1 Å². The number of halogens is 4. The van der Waals surface area contributed by atoms with Crippen LogP contribution in [0.2, 0.25) is 5.02 Å². The Balaban J connectivity index is 2.83. The monoisotopic (exact) mass is 305 g/mol. The van der Waals surface area contributed by atoms with Crippen LogP contribution in [-0.4, -0.2) is 22.2 Å². The van der Waals surface area contributed by atoms with E-state index >= 15 is 0 Å². The van der Waals surface area contributed by atoms with Crippen LogP contribution in [0.1, 0.15) is 15.9 Å². The van der Waals surface area contributed by atoms with Gasteiger partial charge in [0.2, 0.25) is 5.43 Å². The molecule has 0 amide bonds. The van der Waals surface area contributed by atoms with Crippen molar-refractivity contribution in [2.45, 2.75) is 12.6 Å². The molecule has 0 fully saturated rings. The average Bonchev–Trinajstić information content (AvgIpc) is 2.31. The Kier molecular flexibility index (Phi) is 3.47. The second-order valence-electron chi connectivity index (χ2n) is 4.09. The van der Waals surface area contributed by atoms with Crippen LogP contribution < -0.4 is 5.43 Å².